The van der Waals surface area contributed by atoms with Crippen molar-refractivity contribution in [3.05, 3.63) is 204 Å². The second kappa shape index (κ2) is 14.6. The molecule has 4 heteroatoms. The van der Waals surface area contributed by atoms with Gasteiger partial charge in [0.25, 0.3) is 0 Å². The van der Waals surface area contributed by atoms with Crippen molar-refractivity contribution >= 4 is 129 Å². The highest BCUT2D eigenvalue weighted by Crippen LogP contribution is 2.52. The maximum absolute atomic E-state index is 4.30. The highest BCUT2D eigenvalue weighted by molar-refractivity contribution is 7.26. The van der Waals surface area contributed by atoms with Crippen molar-refractivity contribution in [2.75, 3.05) is 9.80 Å². The fraction of sp³-hybridized carbons (Fsp3) is 0.0847. The molecule has 0 spiro atoms. The molecule has 0 N–H and O–H groups in total. The van der Waals surface area contributed by atoms with E-state index in [2.05, 4.69) is 214 Å². The smallest absolute Gasteiger partial charge is 0.0640 e. The minimum atomic E-state index is 0.737. The first-order chi connectivity index (χ1) is 30.9. The first kappa shape index (κ1) is 37.8. The Morgan fingerprint density at radius 2 is 0.952 bits per heavy atom. The van der Waals surface area contributed by atoms with Crippen molar-refractivity contribution in [2.24, 2.45) is 0 Å². The zero-order valence-corrected chi connectivity index (χ0v) is 37.4. The number of benzene rings is 10. The standard InChI is InChI=1S/C59H44N2S2/c1-6-13-41-34-40-25-29-48-50(60(42-27-22-35(2)37(4)32-42)51-18-11-16-46-44-14-7-9-20-53(44)62-58(46)51)31-26-39-24-30-49(56(40)55(39)48)57(41)61(43-28-23-36(3)38(5)33-43)52-19-12-17-47-45-15-8-10-21-54(45)63-59(47)52/h6-12,14-34H,1,13H2,2-5H3. The molecule has 0 aliphatic carbocycles. The molecule has 0 saturated heterocycles. The molecule has 0 bridgehead atoms. The average molecular weight is 845 g/mol. The number of aryl methyl sites for hydroxylation is 4. The molecule has 0 amide bonds. The van der Waals surface area contributed by atoms with Crippen LogP contribution in [0.2, 0.25) is 0 Å². The highest BCUT2D eigenvalue weighted by atomic mass is 32.1. The Hall–Kier alpha value is -6.98. The van der Waals surface area contributed by atoms with Crippen LogP contribution in [0.1, 0.15) is 27.8 Å². The third kappa shape index (κ3) is 5.82. The Morgan fingerprint density at radius 3 is 1.57 bits per heavy atom. The number of allylic oxidation sites excluding steroid dienone is 1. The Kier molecular flexibility index (Phi) is 8.72. The van der Waals surface area contributed by atoms with Gasteiger partial charge in [0, 0.05) is 53.1 Å². The maximum atomic E-state index is 4.30. The van der Waals surface area contributed by atoms with Gasteiger partial charge in [0.15, 0.2) is 0 Å². The molecule has 0 radical (unpaired) electrons. The Morgan fingerprint density at radius 1 is 0.429 bits per heavy atom. The minimum absolute atomic E-state index is 0.737. The molecule has 12 rings (SSSR count). The van der Waals surface area contributed by atoms with Gasteiger partial charge < -0.3 is 9.80 Å². The third-order valence-corrected chi connectivity index (χ3v) is 15.8. The second-order valence-corrected chi connectivity index (χ2v) is 19.2. The van der Waals surface area contributed by atoms with Gasteiger partial charge in [0.1, 0.15) is 0 Å². The van der Waals surface area contributed by atoms with E-state index in [0.717, 1.165) is 17.8 Å². The summed E-state index contributed by atoms with van der Waals surface area (Å²) in [5.41, 5.74) is 13.4. The Bertz CT molecular complexity index is 3810. The molecule has 0 aliphatic rings. The summed E-state index contributed by atoms with van der Waals surface area (Å²) in [6, 6.07) is 61.7. The van der Waals surface area contributed by atoms with E-state index in [1.165, 1.54) is 123 Å². The largest absolute Gasteiger partial charge is 0.308 e. The first-order valence-corrected chi connectivity index (χ1v) is 23.4. The Labute approximate surface area is 375 Å². The number of hydrogen-bond acceptors (Lipinski definition) is 4. The second-order valence-electron chi connectivity index (χ2n) is 17.1. The fourth-order valence-electron chi connectivity index (χ4n) is 10.0. The summed E-state index contributed by atoms with van der Waals surface area (Å²) >= 11 is 3.77. The average Bonchev–Trinajstić information content (AvgIpc) is 3.89. The van der Waals surface area contributed by atoms with Crippen molar-refractivity contribution < 1.29 is 0 Å². The van der Waals surface area contributed by atoms with Crippen LogP contribution in [0.5, 0.6) is 0 Å². The van der Waals surface area contributed by atoms with E-state index in [1.807, 2.05) is 22.7 Å². The van der Waals surface area contributed by atoms with E-state index in [4.69, 9.17) is 0 Å². The third-order valence-electron chi connectivity index (χ3n) is 13.4. The molecule has 0 atom stereocenters. The molecule has 0 saturated carbocycles. The summed E-state index contributed by atoms with van der Waals surface area (Å²) in [4.78, 5) is 5.07. The summed E-state index contributed by atoms with van der Waals surface area (Å²) in [5, 5.41) is 12.7. The summed E-state index contributed by atoms with van der Waals surface area (Å²) in [6.07, 6.45) is 2.80. The van der Waals surface area contributed by atoms with Crippen LogP contribution in [-0.4, -0.2) is 0 Å². The van der Waals surface area contributed by atoms with E-state index in [9.17, 15) is 0 Å². The van der Waals surface area contributed by atoms with Gasteiger partial charge in [-0.3, -0.25) is 0 Å². The lowest BCUT2D eigenvalue weighted by Gasteiger charge is -2.31. The monoisotopic (exact) mass is 844 g/mol. The lowest BCUT2D eigenvalue weighted by molar-refractivity contribution is 1.21. The molecule has 63 heavy (non-hydrogen) atoms. The molecular weight excluding hydrogens is 801 g/mol. The predicted octanol–water partition coefficient (Wildman–Crippen LogP) is 18.2. The molecular formula is C59H44N2S2. The summed E-state index contributed by atoms with van der Waals surface area (Å²) in [5.74, 6) is 0. The van der Waals surface area contributed by atoms with Crippen LogP contribution in [0.15, 0.2) is 176 Å². The van der Waals surface area contributed by atoms with E-state index < -0.39 is 0 Å². The van der Waals surface area contributed by atoms with E-state index >= 15 is 0 Å². The number of rotatable bonds is 8. The zero-order chi connectivity index (χ0) is 42.5. The topological polar surface area (TPSA) is 6.48 Å². The van der Waals surface area contributed by atoms with Crippen molar-refractivity contribution in [2.45, 2.75) is 34.1 Å². The van der Waals surface area contributed by atoms with Crippen LogP contribution >= 0.6 is 22.7 Å². The maximum Gasteiger partial charge on any atom is 0.0640 e. The molecule has 10 aromatic carbocycles. The van der Waals surface area contributed by atoms with Gasteiger partial charge in [0.2, 0.25) is 0 Å². The molecule has 0 fully saturated rings. The predicted molar refractivity (Wildman–Crippen MR) is 278 cm³/mol. The van der Waals surface area contributed by atoms with Crippen molar-refractivity contribution in [1.82, 2.24) is 0 Å². The molecule has 0 aliphatic heterocycles. The highest BCUT2D eigenvalue weighted by Gasteiger charge is 2.27. The van der Waals surface area contributed by atoms with Gasteiger partial charge >= 0.3 is 0 Å². The molecule has 302 valence electrons. The zero-order valence-electron chi connectivity index (χ0n) is 35.8. The van der Waals surface area contributed by atoms with Crippen molar-refractivity contribution in [1.29, 1.82) is 0 Å². The van der Waals surface area contributed by atoms with Crippen molar-refractivity contribution in [3.8, 4) is 0 Å². The lowest BCUT2D eigenvalue weighted by atomic mass is 9.89. The lowest BCUT2D eigenvalue weighted by Crippen LogP contribution is -2.14. The van der Waals surface area contributed by atoms with Gasteiger partial charge in [-0.25, -0.2) is 0 Å². The Balaban J connectivity index is 1.17. The van der Waals surface area contributed by atoms with Crippen LogP contribution in [0.4, 0.5) is 34.1 Å². The molecule has 2 nitrogen and oxygen atoms in total. The molecule has 12 aromatic rings. The first-order valence-electron chi connectivity index (χ1n) is 21.8. The van der Waals surface area contributed by atoms with Gasteiger partial charge in [-0.05, 0) is 144 Å². The number of fused-ring (bicyclic) bond motifs is 6. The number of nitrogens with zero attached hydrogens (tertiary/aromatic N) is 2. The number of anilines is 6. The van der Waals surface area contributed by atoms with Crippen LogP contribution in [0.25, 0.3) is 72.7 Å². The van der Waals surface area contributed by atoms with Crippen molar-refractivity contribution in [3.63, 3.8) is 0 Å². The summed E-state index contributed by atoms with van der Waals surface area (Å²) in [6.45, 7) is 13.2. The quantitative estimate of drug-likeness (QED) is 0.111. The van der Waals surface area contributed by atoms with Crippen LogP contribution in [0.3, 0.4) is 0 Å². The minimum Gasteiger partial charge on any atom is -0.308 e. The molecule has 2 aromatic heterocycles. The number of thiophene rings is 2. The fourth-order valence-corrected chi connectivity index (χ4v) is 12.4. The van der Waals surface area contributed by atoms with E-state index in [-0.39, 0.29) is 0 Å². The van der Waals surface area contributed by atoms with E-state index in [1.54, 1.807) is 0 Å². The van der Waals surface area contributed by atoms with Gasteiger partial charge in [0.05, 0.1) is 32.1 Å². The molecule has 0 unspecified atom stereocenters. The van der Waals surface area contributed by atoms with Crippen LogP contribution in [-0.2, 0) is 6.42 Å². The normalized spacial score (nSPS) is 11.9. The number of hydrogen-bond donors (Lipinski definition) is 0. The van der Waals surface area contributed by atoms with Crippen LogP contribution in [0, 0.1) is 27.7 Å². The van der Waals surface area contributed by atoms with Crippen LogP contribution < -0.4 is 9.80 Å². The summed E-state index contributed by atoms with van der Waals surface area (Å²) in [7, 11) is 0. The SMILES string of the molecule is C=CCc1cc2ccc3c(N(c4ccc(C)c(C)c4)c4cccc5c4sc4ccccc45)ccc4ccc(c1N(c1ccc(C)c(C)c1)c1cccc5c1sc1ccccc15)c2c43. The van der Waals surface area contributed by atoms with Gasteiger partial charge in [-0.1, -0.05) is 109 Å². The molecule has 2 heterocycles. The van der Waals surface area contributed by atoms with Gasteiger partial charge in [-0.2, -0.15) is 0 Å². The van der Waals surface area contributed by atoms with Gasteiger partial charge in [-0.15, -0.1) is 29.3 Å². The summed E-state index contributed by atoms with van der Waals surface area (Å²) < 4.78 is 5.18. The van der Waals surface area contributed by atoms with E-state index in [0.29, 0.717) is 0 Å².